The van der Waals surface area contributed by atoms with Gasteiger partial charge in [-0.15, -0.1) is 0 Å². The molecule has 3 aromatic rings. The van der Waals surface area contributed by atoms with Crippen molar-refractivity contribution in [3.63, 3.8) is 0 Å². The minimum absolute atomic E-state index is 0.00211. The molecule has 2 aliphatic heterocycles. The maximum absolute atomic E-state index is 12.7. The highest BCUT2D eigenvalue weighted by atomic mass is 31.2. The molecule has 1 unspecified atom stereocenters. The third kappa shape index (κ3) is 5.40. The number of phosphoric acid groups is 1. The summed E-state index contributed by atoms with van der Waals surface area (Å²) in [6.45, 7) is -1.25. The van der Waals surface area contributed by atoms with E-state index in [1.807, 2.05) is 4.98 Å². The second-order valence-electron chi connectivity index (χ2n) is 9.03. The molecule has 19 nitrogen and oxygen atoms in total. The number of ether oxygens (including phenoxy) is 2. The molecule has 40 heavy (non-hydrogen) atoms. The van der Waals surface area contributed by atoms with E-state index < -0.39 is 74.7 Å². The highest BCUT2D eigenvalue weighted by Gasteiger charge is 2.43. The lowest BCUT2D eigenvalue weighted by Crippen LogP contribution is -2.34. The normalized spacial score (nSPS) is 28.2. The van der Waals surface area contributed by atoms with E-state index in [-0.39, 0.29) is 41.8 Å². The van der Waals surface area contributed by atoms with Crippen LogP contribution in [-0.4, -0.2) is 88.1 Å². The van der Waals surface area contributed by atoms with Crippen LogP contribution >= 0.6 is 7.82 Å². The van der Waals surface area contributed by atoms with E-state index in [9.17, 15) is 38.8 Å². The molecule has 5 rings (SSSR count). The predicted octanol–water partition coefficient (Wildman–Crippen LogP) is -2.51. The summed E-state index contributed by atoms with van der Waals surface area (Å²) in [7, 11) is -4.83. The molecular formula is C20H24N7O12P. The van der Waals surface area contributed by atoms with Crippen LogP contribution in [0.25, 0.3) is 11.2 Å². The van der Waals surface area contributed by atoms with Crippen molar-refractivity contribution in [3.05, 3.63) is 49.3 Å². The smallest absolute Gasteiger partial charge is 0.394 e. The van der Waals surface area contributed by atoms with Crippen molar-refractivity contribution < 1.29 is 43.0 Å². The zero-order valence-electron chi connectivity index (χ0n) is 20.4. The highest BCUT2D eigenvalue weighted by Crippen LogP contribution is 2.49. The summed E-state index contributed by atoms with van der Waals surface area (Å²) in [6.07, 6.45) is -4.37. The average Bonchev–Trinajstić information content (AvgIpc) is 3.59. The minimum atomic E-state index is -4.83. The standard InChI is InChI=1S/C20H24N7O12P/c21-19-23-16-15(18(32)24-19)22-7-27(16)13-1-9(30)12(38-13)6-36-40(34,35)39-10-2-14(37-11(10)5-29)26-3-8(4-28)17(31)25-20(26)33/h3-4,7,9-14,29-30H,1-2,5-6H2,(H,34,35)(H,25,31,33)(H3,21,23,24,32)/t9-,10-,11+,12+,13+,14+/m0/s1. The van der Waals surface area contributed by atoms with Gasteiger partial charge in [0.1, 0.15) is 30.8 Å². The van der Waals surface area contributed by atoms with Crippen molar-refractivity contribution in [1.29, 1.82) is 0 Å². The molecule has 2 aliphatic rings. The van der Waals surface area contributed by atoms with E-state index in [0.717, 1.165) is 10.8 Å². The number of phosphoric ester groups is 1. The number of nitrogens with two attached hydrogens (primary N) is 1. The zero-order valence-corrected chi connectivity index (χ0v) is 21.2. The quantitative estimate of drug-likeness (QED) is 0.112. The number of aliphatic hydroxyl groups excluding tert-OH is 2. The van der Waals surface area contributed by atoms with Crippen LogP contribution in [0.3, 0.4) is 0 Å². The Morgan fingerprint density at radius 3 is 2.60 bits per heavy atom. The molecule has 0 aromatic carbocycles. The average molecular weight is 585 g/mol. The Labute approximate surface area is 221 Å². The molecule has 0 saturated carbocycles. The third-order valence-electron chi connectivity index (χ3n) is 6.43. The molecule has 216 valence electrons. The van der Waals surface area contributed by atoms with Crippen LogP contribution in [0.5, 0.6) is 0 Å². The van der Waals surface area contributed by atoms with Gasteiger partial charge in [0.25, 0.3) is 11.1 Å². The van der Waals surface area contributed by atoms with Gasteiger partial charge in [-0.1, -0.05) is 0 Å². The molecule has 5 heterocycles. The van der Waals surface area contributed by atoms with Gasteiger partial charge in [0.15, 0.2) is 17.5 Å². The summed E-state index contributed by atoms with van der Waals surface area (Å²) >= 11 is 0. The van der Waals surface area contributed by atoms with Gasteiger partial charge < -0.3 is 30.3 Å². The number of nitrogens with zero attached hydrogens (tertiary/aromatic N) is 4. The van der Waals surface area contributed by atoms with Crippen LogP contribution in [-0.2, 0) is 23.1 Å². The lowest BCUT2D eigenvalue weighted by molar-refractivity contribution is -0.0564. The number of aromatic nitrogens is 6. The summed E-state index contributed by atoms with van der Waals surface area (Å²) in [5.41, 5.74) is 2.99. The molecule has 0 bridgehead atoms. The number of fused-ring (bicyclic) bond motifs is 1. The summed E-state index contributed by atoms with van der Waals surface area (Å²) in [6, 6.07) is 0. The van der Waals surface area contributed by atoms with Gasteiger partial charge in [0, 0.05) is 19.0 Å². The van der Waals surface area contributed by atoms with Gasteiger partial charge in [-0.3, -0.25) is 42.5 Å². The fraction of sp³-hybridized carbons (Fsp3) is 0.500. The minimum Gasteiger partial charge on any atom is -0.394 e. The van der Waals surface area contributed by atoms with E-state index in [4.69, 9.17) is 24.3 Å². The first-order chi connectivity index (χ1) is 19.0. The van der Waals surface area contributed by atoms with Crippen LogP contribution in [0, 0.1) is 0 Å². The number of aliphatic hydroxyl groups is 2. The van der Waals surface area contributed by atoms with Crippen LogP contribution < -0.4 is 22.5 Å². The summed E-state index contributed by atoms with van der Waals surface area (Å²) in [5.74, 6) is -0.148. The van der Waals surface area contributed by atoms with Gasteiger partial charge in [0.05, 0.1) is 31.2 Å². The number of rotatable bonds is 9. The molecule has 7 N–H and O–H groups in total. The van der Waals surface area contributed by atoms with Gasteiger partial charge in [-0.2, -0.15) is 4.98 Å². The van der Waals surface area contributed by atoms with Crippen molar-refractivity contribution >= 4 is 31.2 Å². The van der Waals surface area contributed by atoms with Crippen LogP contribution in [0.15, 0.2) is 26.9 Å². The molecule has 0 radical (unpaired) electrons. The first-order valence-electron chi connectivity index (χ1n) is 11.8. The summed E-state index contributed by atoms with van der Waals surface area (Å²) in [5, 5.41) is 20.1. The monoisotopic (exact) mass is 585 g/mol. The van der Waals surface area contributed by atoms with Gasteiger partial charge in [0.2, 0.25) is 5.95 Å². The first kappa shape index (κ1) is 28.0. The fourth-order valence-corrected chi connectivity index (χ4v) is 5.46. The van der Waals surface area contributed by atoms with Crippen LogP contribution in [0.1, 0.15) is 35.7 Å². The second kappa shape index (κ2) is 10.8. The van der Waals surface area contributed by atoms with E-state index in [0.29, 0.717) is 0 Å². The number of aldehydes is 1. The van der Waals surface area contributed by atoms with E-state index in [1.165, 1.54) is 10.9 Å². The lowest BCUT2D eigenvalue weighted by Gasteiger charge is -2.21. The SMILES string of the molecule is Nc1nc2c(ncn2[C@H]2C[C@H](O)[C@@H](COP(=O)(O)O[C@H]3C[C@H](n4cc(C=O)c(=O)[nH]c4=O)O[C@@H]3CO)O2)c(=O)[nH]1. The molecule has 0 amide bonds. The van der Waals surface area contributed by atoms with Crippen molar-refractivity contribution in [2.75, 3.05) is 18.9 Å². The van der Waals surface area contributed by atoms with Crippen molar-refractivity contribution in [1.82, 2.24) is 29.1 Å². The lowest BCUT2D eigenvalue weighted by atomic mass is 10.2. The van der Waals surface area contributed by atoms with Crippen molar-refractivity contribution in [3.8, 4) is 0 Å². The number of hydrogen-bond acceptors (Lipinski definition) is 14. The first-order valence-corrected chi connectivity index (χ1v) is 13.3. The topological polar surface area (TPSA) is 276 Å². The molecular weight excluding hydrogens is 561 g/mol. The molecule has 0 aliphatic carbocycles. The molecule has 2 fully saturated rings. The largest absolute Gasteiger partial charge is 0.472 e. The van der Waals surface area contributed by atoms with Crippen molar-refractivity contribution in [2.24, 2.45) is 0 Å². The number of nitrogens with one attached hydrogen (secondary N) is 2. The van der Waals surface area contributed by atoms with Gasteiger partial charge in [-0.05, 0) is 0 Å². The number of aromatic amines is 2. The number of carbonyl (C=O) groups is 1. The molecule has 0 spiro atoms. The second-order valence-corrected chi connectivity index (χ2v) is 10.4. The summed E-state index contributed by atoms with van der Waals surface area (Å²) in [4.78, 5) is 69.5. The number of anilines is 1. The van der Waals surface area contributed by atoms with Crippen molar-refractivity contribution in [2.45, 2.75) is 49.7 Å². The van der Waals surface area contributed by atoms with Gasteiger partial charge >= 0.3 is 13.5 Å². The molecule has 2 saturated heterocycles. The number of carbonyl (C=O) groups excluding carboxylic acids is 1. The maximum Gasteiger partial charge on any atom is 0.472 e. The van der Waals surface area contributed by atoms with E-state index in [1.54, 1.807) is 0 Å². The fourth-order valence-electron chi connectivity index (χ4n) is 4.50. The Morgan fingerprint density at radius 1 is 1.15 bits per heavy atom. The zero-order chi connectivity index (χ0) is 28.8. The Balaban J connectivity index is 1.23. The molecule has 3 aromatic heterocycles. The van der Waals surface area contributed by atoms with Gasteiger partial charge in [-0.25, -0.2) is 14.3 Å². The number of imidazole rings is 1. The summed E-state index contributed by atoms with van der Waals surface area (Å²) < 4.78 is 36.5. The van der Waals surface area contributed by atoms with Crippen LogP contribution in [0.2, 0.25) is 0 Å². The Morgan fingerprint density at radius 2 is 1.88 bits per heavy atom. The Hall–Kier alpha value is -3.55. The Bertz CT molecular complexity index is 1650. The Kier molecular flexibility index (Phi) is 7.55. The predicted molar refractivity (Wildman–Crippen MR) is 130 cm³/mol. The number of H-pyrrole nitrogens is 2. The third-order valence-corrected chi connectivity index (χ3v) is 7.44. The number of hydrogen-bond donors (Lipinski definition) is 6. The molecule has 20 heteroatoms. The van der Waals surface area contributed by atoms with E-state index in [2.05, 4.69) is 15.0 Å². The van der Waals surface area contributed by atoms with Crippen LogP contribution in [0.4, 0.5) is 5.95 Å². The van der Waals surface area contributed by atoms with E-state index >= 15 is 0 Å². The number of nitrogen functional groups attached to an aromatic ring is 1. The highest BCUT2D eigenvalue weighted by molar-refractivity contribution is 7.47. The molecule has 7 atom stereocenters. The maximum atomic E-state index is 12.7.